The van der Waals surface area contributed by atoms with Gasteiger partial charge in [0.05, 0.1) is 5.69 Å². The van der Waals surface area contributed by atoms with Crippen molar-refractivity contribution in [2.45, 2.75) is 19.3 Å². The molecular weight excluding hydrogens is 316 g/mol. The highest BCUT2D eigenvalue weighted by atomic mass is 15.6. The molecule has 2 heteroatoms. The first-order chi connectivity index (χ1) is 12.9. The zero-order valence-electron chi connectivity index (χ0n) is 15.1. The molecule has 0 saturated carbocycles. The number of nitrogens with zero attached hydrogens (tertiary/aromatic N) is 2. The van der Waals surface area contributed by atoms with Crippen molar-refractivity contribution in [3.05, 3.63) is 77.9 Å². The summed E-state index contributed by atoms with van der Waals surface area (Å²) < 4.78 is 0. The molecule has 1 saturated heterocycles. The fourth-order valence-corrected chi connectivity index (χ4v) is 3.86. The first-order valence-electron chi connectivity index (χ1n) is 9.41. The fraction of sp³-hybridized carbons (Fsp3) is 0.250. The summed E-state index contributed by atoms with van der Waals surface area (Å²) in [5.41, 5.74) is 3.63. The molecule has 3 aromatic rings. The van der Waals surface area contributed by atoms with Crippen molar-refractivity contribution in [2.24, 2.45) is 0 Å². The zero-order chi connectivity index (χ0) is 17.8. The second kappa shape index (κ2) is 7.64. The summed E-state index contributed by atoms with van der Waals surface area (Å²) in [5, 5.41) is 7.39. The van der Waals surface area contributed by atoms with Gasteiger partial charge in [0.25, 0.3) is 0 Å². The Labute approximate surface area is 156 Å². The second-order valence-electron chi connectivity index (χ2n) is 6.84. The molecule has 0 radical (unpaired) electrons. The molecule has 0 aromatic heterocycles. The Hall–Kier alpha value is -2.76. The molecule has 0 unspecified atom stereocenters. The maximum absolute atomic E-state index is 5.71. The highest BCUT2D eigenvalue weighted by Gasteiger charge is 2.22. The number of rotatable bonds is 4. The van der Waals surface area contributed by atoms with Gasteiger partial charge in [-0.3, -0.25) is 0 Å². The van der Waals surface area contributed by atoms with Crippen molar-refractivity contribution >= 4 is 16.5 Å². The topological polar surface area (TPSA) is 6.48 Å². The number of fused-ring (bicyclic) bond motifs is 1. The van der Waals surface area contributed by atoms with Gasteiger partial charge in [-0.1, -0.05) is 60.5 Å². The quantitative estimate of drug-likeness (QED) is 0.625. The molecule has 1 aliphatic rings. The summed E-state index contributed by atoms with van der Waals surface area (Å²) in [4.78, 5) is 0. The van der Waals surface area contributed by atoms with E-state index in [4.69, 9.17) is 6.42 Å². The van der Waals surface area contributed by atoms with E-state index in [0.717, 1.165) is 31.6 Å². The summed E-state index contributed by atoms with van der Waals surface area (Å²) in [6.45, 7) is 3.21. The molecule has 2 nitrogen and oxygen atoms in total. The van der Waals surface area contributed by atoms with Gasteiger partial charge in [0.2, 0.25) is 0 Å². The maximum atomic E-state index is 5.71. The van der Waals surface area contributed by atoms with Gasteiger partial charge in [-0.25, -0.2) is 5.01 Å². The van der Waals surface area contributed by atoms with Gasteiger partial charge in [-0.15, -0.1) is 6.42 Å². The first kappa shape index (κ1) is 16.7. The predicted octanol–water partition coefficient (Wildman–Crippen LogP) is 4.88. The minimum atomic E-state index is 0.970. The van der Waals surface area contributed by atoms with Crippen molar-refractivity contribution in [3.8, 4) is 12.3 Å². The van der Waals surface area contributed by atoms with Crippen LogP contribution in [-0.4, -0.2) is 24.6 Å². The van der Waals surface area contributed by atoms with Crippen LogP contribution in [0.25, 0.3) is 10.8 Å². The summed E-state index contributed by atoms with van der Waals surface area (Å²) in [7, 11) is 0. The Morgan fingerprint density at radius 1 is 0.808 bits per heavy atom. The lowest BCUT2D eigenvalue weighted by molar-refractivity contribution is 0.215. The molecule has 0 spiro atoms. The summed E-state index contributed by atoms with van der Waals surface area (Å²) >= 11 is 0. The Balaban J connectivity index is 1.64. The van der Waals surface area contributed by atoms with E-state index in [0.29, 0.717) is 0 Å². The maximum Gasteiger partial charge on any atom is 0.0601 e. The van der Waals surface area contributed by atoms with E-state index in [1.54, 1.807) is 0 Å². The minimum absolute atomic E-state index is 0.970. The molecule has 3 aromatic carbocycles. The van der Waals surface area contributed by atoms with E-state index in [1.807, 2.05) is 0 Å². The van der Waals surface area contributed by atoms with Crippen LogP contribution in [0.4, 0.5) is 5.69 Å². The molecule has 26 heavy (non-hydrogen) atoms. The van der Waals surface area contributed by atoms with Crippen molar-refractivity contribution in [1.29, 1.82) is 0 Å². The number of terminal acetylenes is 1. The highest BCUT2D eigenvalue weighted by molar-refractivity contribution is 5.97. The van der Waals surface area contributed by atoms with Crippen molar-refractivity contribution in [1.82, 2.24) is 5.01 Å². The Morgan fingerprint density at radius 2 is 1.54 bits per heavy atom. The van der Waals surface area contributed by atoms with E-state index in [1.165, 1.54) is 34.9 Å². The lowest BCUT2D eigenvalue weighted by Gasteiger charge is -2.41. The van der Waals surface area contributed by atoms with Crippen LogP contribution in [0.2, 0.25) is 0 Å². The molecular formula is C24H24N2. The van der Waals surface area contributed by atoms with Crippen molar-refractivity contribution in [2.75, 3.05) is 24.6 Å². The number of hydrogen-bond donors (Lipinski definition) is 0. The first-order valence-corrected chi connectivity index (χ1v) is 9.41. The van der Waals surface area contributed by atoms with Crippen LogP contribution >= 0.6 is 0 Å². The number of hydrazine groups is 1. The second-order valence-corrected chi connectivity index (χ2v) is 6.84. The number of hydrogen-bond acceptors (Lipinski definition) is 2. The van der Waals surface area contributed by atoms with Gasteiger partial charge in [0, 0.05) is 30.6 Å². The third-order valence-corrected chi connectivity index (χ3v) is 5.21. The molecule has 1 heterocycles. The highest BCUT2D eigenvalue weighted by Crippen LogP contribution is 2.32. The summed E-state index contributed by atoms with van der Waals surface area (Å²) in [5.74, 6) is 2.83. The predicted molar refractivity (Wildman–Crippen MR) is 110 cm³/mol. The summed E-state index contributed by atoms with van der Waals surface area (Å²) in [6, 6.07) is 23.5. The fourth-order valence-electron chi connectivity index (χ4n) is 3.86. The van der Waals surface area contributed by atoms with Crippen LogP contribution in [0, 0.1) is 12.3 Å². The zero-order valence-corrected chi connectivity index (χ0v) is 15.1. The largest absolute Gasteiger partial charge is 0.305 e. The summed E-state index contributed by atoms with van der Waals surface area (Å²) in [6.07, 6.45) is 9.26. The minimum Gasteiger partial charge on any atom is -0.305 e. The molecule has 0 atom stereocenters. The van der Waals surface area contributed by atoms with Gasteiger partial charge < -0.3 is 5.01 Å². The van der Waals surface area contributed by atoms with E-state index >= 15 is 0 Å². The molecule has 1 fully saturated rings. The van der Waals surface area contributed by atoms with Crippen LogP contribution in [0.5, 0.6) is 0 Å². The van der Waals surface area contributed by atoms with E-state index < -0.39 is 0 Å². The third kappa shape index (κ3) is 3.31. The monoisotopic (exact) mass is 340 g/mol. The smallest absolute Gasteiger partial charge is 0.0601 e. The van der Waals surface area contributed by atoms with Gasteiger partial charge in [-0.05, 0) is 42.3 Å². The van der Waals surface area contributed by atoms with Crippen LogP contribution in [0.3, 0.4) is 0 Å². The number of anilines is 1. The van der Waals surface area contributed by atoms with E-state index in [2.05, 4.69) is 82.7 Å². The van der Waals surface area contributed by atoms with Gasteiger partial charge in [-0.2, -0.15) is 0 Å². The standard InChI is InChI=1S/C24H24N2/c1-2-21-14-15-24(23-13-7-6-12-22(21)23)26-18-9-8-17-25(26)19-16-20-10-4-3-5-11-20/h1,3-7,10-15H,8-9,16-19H2. The van der Waals surface area contributed by atoms with Gasteiger partial charge >= 0.3 is 0 Å². The average Bonchev–Trinajstić information content (AvgIpc) is 2.72. The van der Waals surface area contributed by atoms with Crippen molar-refractivity contribution < 1.29 is 0 Å². The molecule has 130 valence electrons. The Bertz CT molecular complexity index is 924. The van der Waals surface area contributed by atoms with E-state index in [9.17, 15) is 0 Å². The molecule has 4 rings (SSSR count). The van der Waals surface area contributed by atoms with E-state index in [-0.39, 0.29) is 0 Å². The molecule has 0 aliphatic carbocycles. The van der Waals surface area contributed by atoms with Crippen LogP contribution < -0.4 is 5.01 Å². The Kier molecular flexibility index (Phi) is 4.91. The van der Waals surface area contributed by atoms with Gasteiger partial charge in [0.1, 0.15) is 0 Å². The lowest BCUT2D eigenvalue weighted by atomic mass is 10.0. The number of benzene rings is 3. The average molecular weight is 340 g/mol. The van der Waals surface area contributed by atoms with Crippen molar-refractivity contribution in [3.63, 3.8) is 0 Å². The van der Waals surface area contributed by atoms with Gasteiger partial charge in [0.15, 0.2) is 0 Å². The lowest BCUT2D eigenvalue weighted by Crippen LogP contribution is -2.48. The molecule has 0 amide bonds. The third-order valence-electron chi connectivity index (χ3n) is 5.21. The van der Waals surface area contributed by atoms with Crippen LogP contribution in [-0.2, 0) is 6.42 Å². The SMILES string of the molecule is C#Cc1ccc(N2CCCCN2CCc2ccccc2)c2ccccc12. The molecule has 0 bridgehead atoms. The van der Waals surface area contributed by atoms with Crippen LogP contribution in [0.15, 0.2) is 66.7 Å². The molecule has 0 N–H and O–H groups in total. The normalized spacial score (nSPS) is 15.1. The van der Waals surface area contributed by atoms with Crippen LogP contribution in [0.1, 0.15) is 24.0 Å². The Morgan fingerprint density at radius 3 is 2.35 bits per heavy atom. The molecule has 1 aliphatic heterocycles.